The third kappa shape index (κ3) is 19.2. The first-order chi connectivity index (χ1) is 45.0. The fourth-order valence-electron chi connectivity index (χ4n) is 10.9. The molecule has 3 N–H and O–H groups in total. The Kier molecular flexibility index (Phi) is 24.1. The number of fused-ring (bicyclic) bond motifs is 4. The zero-order valence-corrected chi connectivity index (χ0v) is 56.2. The molecule has 3 atom stereocenters. The van der Waals surface area contributed by atoms with E-state index in [9.17, 15) is 43.1 Å². The standard InChI is InChI=1S/C32H30N2O8S2.C30H29ClN2O8S2.C6H15N/c35-43(36,37)18-8-7-17-33-27-19-25(23-9-3-1-4-10-23)13-15-29(27)41-31(33)21-32-34(22-44(38,39)40)28-20-26(14-16-30(28)42-32)24-11-5-2-6-12-24;1-2-21(17-29-32(13-6-15-39-42(34)35)26-20-24(31)10-12-28(26)41-29)18-30-33(14-16-43(36,37)38)25-19-23(9-11-27(25)40-30)22-7-4-3-5-8-22;1-4-7(5-2)6-3/h1-6,9-16,19-21,32H,7-8,17-18,22H2,(H,35,36,37)(H,38,39,40);3-5,7-12,17-20H,2,6,13-16H2,1H3,(H-,34,35,36,37,38);4-6H2,1-3H3. The average Bonchev–Trinajstić information content (AvgIpc) is 1.63. The summed E-state index contributed by atoms with van der Waals surface area (Å²) in [6, 6.07) is 51.3. The summed E-state index contributed by atoms with van der Waals surface area (Å²) in [5, 5.41) is 0.527. The lowest BCUT2D eigenvalue weighted by atomic mass is 10.0. The Balaban J connectivity index is 0.000000201. The zero-order chi connectivity index (χ0) is 67.2. The van der Waals surface area contributed by atoms with Crippen LogP contribution in [0.2, 0.25) is 5.02 Å². The number of rotatable bonds is 25. The molecule has 94 heavy (non-hydrogen) atoms. The molecule has 0 saturated carbocycles. The minimum atomic E-state index is -4.49. The van der Waals surface area contributed by atoms with E-state index in [0.29, 0.717) is 94.0 Å². The summed E-state index contributed by atoms with van der Waals surface area (Å²) in [6.45, 7) is 12.8. The number of aromatic nitrogens is 1. The molecular formula is C68H74ClN5O16S4. The van der Waals surface area contributed by atoms with Crippen LogP contribution in [0.15, 0.2) is 198 Å². The van der Waals surface area contributed by atoms with Crippen LogP contribution in [-0.2, 0) is 52.4 Å². The van der Waals surface area contributed by atoms with E-state index in [1.54, 1.807) is 41.0 Å². The van der Waals surface area contributed by atoms with Crippen molar-refractivity contribution >= 4 is 87.6 Å². The van der Waals surface area contributed by atoms with Crippen molar-refractivity contribution in [1.82, 2.24) is 4.90 Å². The predicted octanol–water partition coefficient (Wildman–Crippen LogP) is 11.2. The van der Waals surface area contributed by atoms with Crippen LogP contribution >= 0.6 is 11.6 Å². The zero-order valence-electron chi connectivity index (χ0n) is 52.2. The van der Waals surface area contributed by atoms with Gasteiger partial charge in [-0.15, -0.1) is 0 Å². The second-order valence-corrected chi connectivity index (χ2v) is 27.6. The van der Waals surface area contributed by atoms with Gasteiger partial charge in [-0.2, -0.15) is 17.2 Å². The van der Waals surface area contributed by atoms with Gasteiger partial charge in [0.05, 0.1) is 46.0 Å². The molecule has 26 heteroatoms. The van der Waals surface area contributed by atoms with Gasteiger partial charge in [-0.05, 0) is 127 Å². The molecule has 7 aromatic carbocycles. The molecule has 0 fully saturated rings. The van der Waals surface area contributed by atoms with Crippen molar-refractivity contribution in [3.05, 3.63) is 204 Å². The molecule has 0 spiro atoms. The fourth-order valence-corrected chi connectivity index (χ4v) is 13.0. The number of nitrogens with zero attached hydrogens (tertiary/aromatic N) is 4. The SMILES string of the molecule is CCC(=Cc1oc2ccc(-c3ccccc3)cc2[n+]1CCS(=O)(=O)[O-])C=C1Oc2ccc(Cl)cc2N1CCCOS(=O)O.CCN(CC)CC.O=S(=O)([O-])CCCCN1C(=CC2Oc3ccc(-c4ccccc4)cc3[NH+]2CS(=O)(=O)O)Oc2ccc(-c3ccccc3)cc21. The molecule has 498 valence electrons. The Labute approximate surface area is 556 Å². The number of quaternary nitrogens is 1. The first-order valence-electron chi connectivity index (χ1n) is 30.6. The Morgan fingerprint density at radius 2 is 1.19 bits per heavy atom. The Bertz CT molecular complexity index is 4400. The van der Waals surface area contributed by atoms with Crippen LogP contribution in [0.25, 0.3) is 50.6 Å². The van der Waals surface area contributed by atoms with Gasteiger partial charge in [0.2, 0.25) is 23.2 Å². The van der Waals surface area contributed by atoms with Gasteiger partial charge in [-0.1, -0.05) is 148 Å². The molecule has 0 amide bonds. The highest BCUT2D eigenvalue weighted by molar-refractivity contribution is 7.86. The van der Waals surface area contributed by atoms with Crippen LogP contribution < -0.4 is 33.5 Å². The number of halogens is 1. The maximum Gasteiger partial charge on any atom is 0.374 e. The summed E-state index contributed by atoms with van der Waals surface area (Å²) in [6.07, 6.45) is 5.97. The van der Waals surface area contributed by atoms with E-state index in [1.807, 2.05) is 162 Å². The molecule has 11 rings (SSSR count). The fraction of sp³-hybridized carbons (Fsp3) is 0.279. The highest BCUT2D eigenvalue weighted by atomic mass is 35.5. The minimum absolute atomic E-state index is 0.0613. The van der Waals surface area contributed by atoms with Crippen LogP contribution in [0.5, 0.6) is 17.2 Å². The number of oxazole rings is 1. The van der Waals surface area contributed by atoms with Crippen molar-refractivity contribution < 1.29 is 80.0 Å². The topological polar surface area (TPSA) is 274 Å². The van der Waals surface area contributed by atoms with E-state index in [2.05, 4.69) is 25.7 Å². The maximum atomic E-state index is 12.1. The Morgan fingerprint density at radius 3 is 1.76 bits per heavy atom. The number of anilines is 2. The van der Waals surface area contributed by atoms with Crippen LogP contribution in [0.1, 0.15) is 59.3 Å². The van der Waals surface area contributed by atoms with Crippen LogP contribution in [0, 0.1) is 0 Å². The van der Waals surface area contributed by atoms with Gasteiger partial charge in [0, 0.05) is 42.1 Å². The van der Waals surface area contributed by atoms with E-state index >= 15 is 0 Å². The highest BCUT2D eigenvalue weighted by Crippen LogP contribution is 2.44. The van der Waals surface area contributed by atoms with Gasteiger partial charge >= 0.3 is 27.4 Å². The lowest BCUT2D eigenvalue weighted by Gasteiger charge is -2.21. The van der Waals surface area contributed by atoms with Crippen molar-refractivity contribution in [1.29, 1.82) is 0 Å². The lowest BCUT2D eigenvalue weighted by molar-refractivity contribution is -0.849. The second kappa shape index (κ2) is 32.1. The number of unbranched alkanes of at least 4 members (excludes halogenated alkanes) is 1. The number of ether oxygens (including phenoxy) is 3. The first kappa shape index (κ1) is 70.6. The summed E-state index contributed by atoms with van der Waals surface area (Å²) in [7, 11) is -13.3. The molecule has 3 aliphatic heterocycles. The number of hydrogen-bond acceptors (Lipinski definition) is 17. The van der Waals surface area contributed by atoms with Crippen molar-refractivity contribution in [2.45, 2.75) is 66.2 Å². The van der Waals surface area contributed by atoms with Crippen LogP contribution in [0.3, 0.4) is 0 Å². The van der Waals surface area contributed by atoms with E-state index < -0.39 is 65.3 Å². The molecule has 0 aliphatic carbocycles. The molecule has 8 aromatic rings. The largest absolute Gasteiger partial charge is 0.748 e. The van der Waals surface area contributed by atoms with Crippen LogP contribution in [-0.4, -0.2) is 116 Å². The number of allylic oxidation sites excluding steroid dienone is 2. The average molecular weight is 1380 g/mol. The quantitative estimate of drug-likeness (QED) is 0.0208. The van der Waals surface area contributed by atoms with Gasteiger partial charge in [0.1, 0.15) is 10.1 Å². The molecule has 4 heterocycles. The molecular weight excluding hydrogens is 1310 g/mol. The summed E-state index contributed by atoms with van der Waals surface area (Å²) < 4.78 is 154. The monoisotopic (exact) mass is 1380 g/mol. The van der Waals surface area contributed by atoms with E-state index in [1.165, 1.54) is 19.6 Å². The number of aryl methyl sites for hydroxylation is 1. The predicted molar refractivity (Wildman–Crippen MR) is 362 cm³/mol. The van der Waals surface area contributed by atoms with E-state index in [-0.39, 0.29) is 19.6 Å². The third-order valence-corrected chi connectivity index (χ3v) is 18.4. The number of benzene rings is 7. The van der Waals surface area contributed by atoms with Crippen LogP contribution in [0.4, 0.5) is 17.1 Å². The summed E-state index contributed by atoms with van der Waals surface area (Å²) in [5.41, 5.74) is 9.69. The minimum Gasteiger partial charge on any atom is -0.748 e. The van der Waals surface area contributed by atoms with Gasteiger partial charge in [-0.3, -0.25) is 13.3 Å². The summed E-state index contributed by atoms with van der Waals surface area (Å²) >= 11 is 3.90. The molecule has 0 bridgehead atoms. The molecule has 3 unspecified atom stereocenters. The number of hydrogen-bond donors (Lipinski definition) is 3. The normalized spacial score (nSPS) is 16.4. The lowest BCUT2D eigenvalue weighted by Crippen LogP contribution is -3.11. The van der Waals surface area contributed by atoms with Gasteiger partial charge in [0.15, 0.2) is 29.5 Å². The molecule has 3 aliphatic rings. The Morgan fingerprint density at radius 1 is 0.660 bits per heavy atom. The van der Waals surface area contributed by atoms with Gasteiger partial charge < -0.3 is 42.4 Å². The van der Waals surface area contributed by atoms with E-state index in [0.717, 1.165) is 50.3 Å². The highest BCUT2D eigenvalue weighted by Gasteiger charge is 2.41. The van der Waals surface area contributed by atoms with Gasteiger partial charge in [0.25, 0.3) is 11.7 Å². The summed E-state index contributed by atoms with van der Waals surface area (Å²) in [5.74, 6) is 1.17. The van der Waals surface area contributed by atoms with E-state index in [4.69, 9.17) is 39.0 Å². The second-order valence-electron chi connectivity index (χ2n) is 22.0. The van der Waals surface area contributed by atoms with Gasteiger partial charge in [-0.25, -0.2) is 21.7 Å². The maximum absolute atomic E-state index is 12.1. The van der Waals surface area contributed by atoms with Crippen molar-refractivity contribution in [3.63, 3.8) is 0 Å². The molecule has 0 saturated heterocycles. The van der Waals surface area contributed by atoms with Crippen molar-refractivity contribution in [3.8, 4) is 50.6 Å². The number of nitrogens with one attached hydrogen (secondary N) is 1. The molecule has 1 aromatic heterocycles. The third-order valence-electron chi connectivity index (χ3n) is 15.7. The molecule has 0 radical (unpaired) electrons. The molecule has 21 nitrogen and oxygen atoms in total. The summed E-state index contributed by atoms with van der Waals surface area (Å²) in [4.78, 5) is 6.50. The smallest absolute Gasteiger partial charge is 0.374 e. The van der Waals surface area contributed by atoms with Crippen molar-refractivity contribution in [2.75, 3.05) is 66.5 Å². The van der Waals surface area contributed by atoms with Crippen molar-refractivity contribution in [2.24, 2.45) is 0 Å². The Hall–Kier alpha value is -7.76. The first-order valence-corrected chi connectivity index (χ1v) is 36.7.